The van der Waals surface area contributed by atoms with Crippen molar-refractivity contribution in [3.05, 3.63) is 28.2 Å². The minimum Gasteiger partial charge on any atom is -0.483 e. The monoisotopic (exact) mass is 452 g/mol. The molecule has 1 saturated heterocycles. The van der Waals surface area contributed by atoms with E-state index in [1.165, 1.54) is 6.07 Å². The van der Waals surface area contributed by atoms with Crippen LogP contribution in [0.25, 0.3) is 0 Å². The molecule has 0 bridgehead atoms. The quantitative estimate of drug-likeness (QED) is 0.676. The van der Waals surface area contributed by atoms with Crippen LogP contribution in [0.1, 0.15) is 26.3 Å². The van der Waals surface area contributed by atoms with Crippen LogP contribution in [-0.4, -0.2) is 60.5 Å². The largest absolute Gasteiger partial charge is 0.483 e. The van der Waals surface area contributed by atoms with Gasteiger partial charge in [0, 0.05) is 32.7 Å². The van der Waals surface area contributed by atoms with Gasteiger partial charge in [-0.1, -0.05) is 6.07 Å². The summed E-state index contributed by atoms with van der Waals surface area (Å²) < 4.78 is 47.4. The summed E-state index contributed by atoms with van der Waals surface area (Å²) in [7, 11) is 0. The Hall–Kier alpha value is -1.48. The Bertz CT molecular complexity index is 654. The van der Waals surface area contributed by atoms with E-state index in [9.17, 15) is 18.0 Å². The summed E-state index contributed by atoms with van der Waals surface area (Å²) in [5, 5.41) is 0. The van der Waals surface area contributed by atoms with Gasteiger partial charge in [0.15, 0.2) is 6.61 Å². The second-order valence-corrected chi connectivity index (χ2v) is 8.27. The fourth-order valence-electron chi connectivity index (χ4n) is 2.59. The predicted molar refractivity (Wildman–Crippen MR) is 98.8 cm³/mol. The highest BCUT2D eigenvalue weighted by Crippen LogP contribution is 2.28. The molecule has 1 aliphatic heterocycles. The molecule has 9 heteroatoms. The Labute approximate surface area is 165 Å². The Morgan fingerprint density at radius 3 is 2.30 bits per heavy atom. The number of carbonyl (C=O) groups excluding carboxylic acids is 1. The summed E-state index contributed by atoms with van der Waals surface area (Å²) in [4.78, 5) is 15.9. The number of halogens is 4. The highest BCUT2D eigenvalue weighted by atomic mass is 79.9. The summed E-state index contributed by atoms with van der Waals surface area (Å²) in [6.45, 7) is 7.36. The molecule has 5 nitrogen and oxygen atoms in total. The minimum atomic E-state index is -4.37. The van der Waals surface area contributed by atoms with Gasteiger partial charge < -0.3 is 14.4 Å². The summed E-state index contributed by atoms with van der Waals surface area (Å²) in [5.41, 5.74) is 0.433. The van der Waals surface area contributed by atoms with Gasteiger partial charge in [-0.3, -0.25) is 4.90 Å². The van der Waals surface area contributed by atoms with E-state index in [0.29, 0.717) is 37.2 Å². The van der Waals surface area contributed by atoms with Gasteiger partial charge in [-0.15, -0.1) is 0 Å². The van der Waals surface area contributed by atoms with Crippen molar-refractivity contribution in [3.63, 3.8) is 0 Å². The van der Waals surface area contributed by atoms with Gasteiger partial charge in [0.25, 0.3) is 0 Å². The van der Waals surface area contributed by atoms with E-state index in [4.69, 9.17) is 9.47 Å². The third-order valence-electron chi connectivity index (χ3n) is 3.82. The molecule has 0 N–H and O–H groups in total. The minimum absolute atomic E-state index is 0.158. The molecule has 1 amide bonds. The molecule has 0 unspecified atom stereocenters. The van der Waals surface area contributed by atoms with Gasteiger partial charge in [-0.2, -0.15) is 13.2 Å². The van der Waals surface area contributed by atoms with Crippen LogP contribution in [0.2, 0.25) is 0 Å². The standard InChI is InChI=1S/C18H24BrF3N2O3/c1-17(2,3)27-16(25)24-8-6-23(7-9-24)11-13-4-5-15(14(19)10-13)26-12-18(20,21)22/h4-5,10H,6-9,11-12H2,1-3H3. The lowest BCUT2D eigenvalue weighted by molar-refractivity contribution is -0.153. The molecule has 1 heterocycles. The predicted octanol–water partition coefficient (Wildman–Crippen LogP) is 4.44. The highest BCUT2D eigenvalue weighted by Gasteiger charge is 2.29. The van der Waals surface area contributed by atoms with Gasteiger partial charge in [0.05, 0.1) is 4.47 Å². The molecule has 1 aliphatic rings. The molecule has 152 valence electrons. The van der Waals surface area contributed by atoms with E-state index in [1.54, 1.807) is 17.0 Å². The Morgan fingerprint density at radius 1 is 1.15 bits per heavy atom. The molecule has 0 atom stereocenters. The van der Waals surface area contributed by atoms with Crippen LogP contribution in [0.15, 0.2) is 22.7 Å². The maximum absolute atomic E-state index is 12.3. The summed E-state index contributed by atoms with van der Waals surface area (Å²) in [5.74, 6) is 0.158. The zero-order valence-electron chi connectivity index (χ0n) is 15.6. The van der Waals surface area contributed by atoms with Crippen LogP contribution < -0.4 is 4.74 Å². The number of carbonyl (C=O) groups is 1. The maximum atomic E-state index is 12.3. The lowest BCUT2D eigenvalue weighted by Gasteiger charge is -2.35. The summed E-state index contributed by atoms with van der Waals surface area (Å²) in [6, 6.07) is 5.03. The second-order valence-electron chi connectivity index (χ2n) is 7.41. The van der Waals surface area contributed by atoms with Crippen molar-refractivity contribution in [2.75, 3.05) is 32.8 Å². The van der Waals surface area contributed by atoms with Crippen LogP contribution in [0.4, 0.5) is 18.0 Å². The highest BCUT2D eigenvalue weighted by molar-refractivity contribution is 9.10. The second kappa shape index (κ2) is 8.68. The number of ether oxygens (including phenoxy) is 2. The van der Waals surface area contributed by atoms with E-state index >= 15 is 0 Å². The first kappa shape index (κ1) is 21.8. The van der Waals surface area contributed by atoms with Crippen molar-refractivity contribution in [1.82, 2.24) is 9.80 Å². The first-order valence-corrected chi connectivity index (χ1v) is 9.40. The molecule has 27 heavy (non-hydrogen) atoms. The molecule has 1 fully saturated rings. The number of hydrogen-bond donors (Lipinski definition) is 0. The average Bonchev–Trinajstić information content (AvgIpc) is 2.52. The van der Waals surface area contributed by atoms with Gasteiger partial charge in [0.1, 0.15) is 11.4 Å². The topological polar surface area (TPSA) is 42.0 Å². The van der Waals surface area contributed by atoms with E-state index in [0.717, 1.165) is 5.56 Å². The number of amides is 1. The Balaban J connectivity index is 1.85. The van der Waals surface area contributed by atoms with Gasteiger partial charge in [-0.25, -0.2) is 4.79 Å². The number of alkyl halides is 3. The van der Waals surface area contributed by atoms with Crippen molar-refractivity contribution in [1.29, 1.82) is 0 Å². The molecule has 0 spiro atoms. The number of piperazine rings is 1. The fourth-order valence-corrected chi connectivity index (χ4v) is 3.13. The third-order valence-corrected chi connectivity index (χ3v) is 4.44. The molecule has 1 aromatic rings. The lowest BCUT2D eigenvalue weighted by Crippen LogP contribution is -2.49. The Morgan fingerprint density at radius 2 is 1.78 bits per heavy atom. The third kappa shape index (κ3) is 7.57. The van der Waals surface area contributed by atoms with Crippen LogP contribution in [0.5, 0.6) is 5.75 Å². The number of nitrogens with zero attached hydrogens (tertiary/aromatic N) is 2. The van der Waals surface area contributed by atoms with Crippen molar-refractivity contribution in [3.8, 4) is 5.75 Å². The van der Waals surface area contributed by atoms with Gasteiger partial charge in [-0.05, 0) is 54.4 Å². The molecule has 2 rings (SSSR count). The zero-order chi connectivity index (χ0) is 20.2. The van der Waals surface area contributed by atoms with Gasteiger partial charge >= 0.3 is 12.3 Å². The molecule has 0 radical (unpaired) electrons. The molecular formula is C18H24BrF3N2O3. The van der Waals surface area contributed by atoms with Crippen LogP contribution in [-0.2, 0) is 11.3 Å². The van der Waals surface area contributed by atoms with Crippen LogP contribution in [0.3, 0.4) is 0 Å². The maximum Gasteiger partial charge on any atom is 0.422 e. The lowest BCUT2D eigenvalue weighted by atomic mass is 10.2. The average molecular weight is 453 g/mol. The van der Waals surface area contributed by atoms with E-state index in [1.807, 2.05) is 20.8 Å². The van der Waals surface area contributed by atoms with Crippen molar-refractivity contribution >= 4 is 22.0 Å². The SMILES string of the molecule is CC(C)(C)OC(=O)N1CCN(Cc2ccc(OCC(F)(F)F)c(Br)c2)CC1. The zero-order valence-corrected chi connectivity index (χ0v) is 17.2. The van der Waals surface area contributed by atoms with E-state index < -0.39 is 18.4 Å². The van der Waals surface area contributed by atoms with E-state index in [-0.39, 0.29) is 11.8 Å². The Kier molecular flexibility index (Phi) is 7.02. The smallest absolute Gasteiger partial charge is 0.422 e. The summed E-state index contributed by atoms with van der Waals surface area (Å²) >= 11 is 3.26. The number of rotatable bonds is 4. The van der Waals surface area contributed by atoms with Crippen molar-refractivity contribution in [2.45, 2.75) is 39.1 Å². The molecular weight excluding hydrogens is 429 g/mol. The first-order valence-electron chi connectivity index (χ1n) is 8.61. The van der Waals surface area contributed by atoms with Crippen LogP contribution in [0, 0.1) is 0 Å². The van der Waals surface area contributed by atoms with Gasteiger partial charge in [0.2, 0.25) is 0 Å². The number of hydrogen-bond acceptors (Lipinski definition) is 4. The molecule has 0 saturated carbocycles. The normalized spacial score (nSPS) is 16.3. The van der Waals surface area contributed by atoms with E-state index in [2.05, 4.69) is 20.8 Å². The first-order chi connectivity index (χ1) is 12.4. The molecule has 0 aromatic heterocycles. The molecule has 0 aliphatic carbocycles. The van der Waals surface area contributed by atoms with Crippen molar-refractivity contribution < 1.29 is 27.4 Å². The summed E-state index contributed by atoms with van der Waals surface area (Å²) in [6.07, 6.45) is -4.68. The number of benzene rings is 1. The van der Waals surface area contributed by atoms with Crippen LogP contribution >= 0.6 is 15.9 Å². The molecule has 1 aromatic carbocycles. The van der Waals surface area contributed by atoms with Crippen molar-refractivity contribution in [2.24, 2.45) is 0 Å². The fraction of sp³-hybridized carbons (Fsp3) is 0.611.